The second-order valence-corrected chi connectivity index (χ2v) is 15.3. The van der Waals surface area contributed by atoms with E-state index in [0.717, 1.165) is 99.9 Å². The molecule has 0 amide bonds. The molecule has 15 heteroatoms. The van der Waals surface area contributed by atoms with Gasteiger partial charge in [-0.2, -0.15) is 10.2 Å². The third kappa shape index (κ3) is 9.74. The number of aliphatic hydroxyl groups excluding tert-OH is 2. The average molecular weight is 889 g/mol. The number of nitrogens with two attached hydrogens (primary N) is 1. The molecule has 60 heavy (non-hydrogen) atoms. The second-order valence-electron chi connectivity index (χ2n) is 14.5. The molecule has 8 heterocycles. The molecule has 6 aromatic heterocycles. The molecule has 4 N–H and O–H groups in total. The summed E-state index contributed by atoms with van der Waals surface area (Å²) in [6.07, 6.45) is 12.2. The molecular weight excluding hydrogens is 842 g/mol. The number of pyridine rings is 2. The number of halogens is 2. The van der Waals surface area contributed by atoms with E-state index in [1.54, 1.807) is 23.0 Å². The van der Waals surface area contributed by atoms with Crippen LogP contribution in [0.4, 0.5) is 17.5 Å². The first-order chi connectivity index (χ1) is 29.0. The molecule has 2 saturated heterocycles. The van der Waals surface area contributed by atoms with Gasteiger partial charge in [-0.25, -0.2) is 29.0 Å². The predicted molar refractivity (Wildman–Crippen MR) is 242 cm³/mol. The van der Waals surface area contributed by atoms with E-state index in [1.165, 1.54) is 0 Å². The minimum Gasteiger partial charge on any atom is -0.394 e. The van der Waals surface area contributed by atoms with Gasteiger partial charge in [-0.1, -0.05) is 72.8 Å². The highest BCUT2D eigenvalue weighted by molar-refractivity contribution is 9.10. The van der Waals surface area contributed by atoms with Crippen LogP contribution in [0.5, 0.6) is 0 Å². The topological polar surface area (TPSA) is 159 Å². The quantitative estimate of drug-likeness (QED) is 0.138. The standard InChI is InChI=1S/C23H23N5O.C12H8BrN3.C10H15N3O.ClH/c29-16-20-9-5-12-27(20)22-10-4-8-19(25-22)14-18-15-21(17-6-2-1-3-7-17)26-28-13-11-24-23(18)28;13-10-8-11(9-4-2-1-3-5-9)15-16-7-6-14-12(10)16;11-9-4-1-5-10(12-9)13-6-2-3-8(13)7-14;/h1-4,6-8,10-11,13,15,20,29H,5,9,12,14,16H2;1-8H;1,4-5,8,14H,2-3,6-7H2,(H2,11,12);1H. The van der Waals surface area contributed by atoms with E-state index in [4.69, 9.17) is 20.9 Å². The number of benzene rings is 2. The largest absolute Gasteiger partial charge is 0.394 e. The zero-order chi connectivity index (χ0) is 40.6. The van der Waals surface area contributed by atoms with Crippen molar-refractivity contribution in [2.45, 2.75) is 44.2 Å². The Balaban J connectivity index is 0.000000148. The fraction of sp³-hybridized carbons (Fsp3) is 0.244. The normalized spacial score (nSPS) is 15.9. The summed E-state index contributed by atoms with van der Waals surface area (Å²) in [5.74, 6) is 2.35. The van der Waals surface area contributed by atoms with Crippen LogP contribution in [0.2, 0.25) is 0 Å². The molecule has 8 aromatic rings. The van der Waals surface area contributed by atoms with Crippen molar-refractivity contribution >= 4 is 57.1 Å². The van der Waals surface area contributed by atoms with Crippen molar-refractivity contribution in [3.05, 3.63) is 150 Å². The van der Waals surface area contributed by atoms with Crippen molar-refractivity contribution in [3.8, 4) is 22.5 Å². The molecule has 2 aliphatic rings. The Hall–Kier alpha value is -5.93. The molecule has 0 aliphatic carbocycles. The first-order valence-corrected chi connectivity index (χ1v) is 20.6. The summed E-state index contributed by atoms with van der Waals surface area (Å²) in [6, 6.07) is 36.5. The highest BCUT2D eigenvalue weighted by atomic mass is 79.9. The lowest BCUT2D eigenvalue weighted by molar-refractivity contribution is 0.266. The van der Waals surface area contributed by atoms with Crippen molar-refractivity contribution in [2.24, 2.45) is 0 Å². The molecule has 2 unspecified atom stereocenters. The number of aromatic nitrogens is 8. The van der Waals surface area contributed by atoms with Gasteiger partial charge in [-0.05, 0) is 78.0 Å². The fourth-order valence-electron chi connectivity index (χ4n) is 7.66. The van der Waals surface area contributed by atoms with Crippen molar-refractivity contribution in [1.29, 1.82) is 0 Å². The lowest BCUT2D eigenvalue weighted by Gasteiger charge is -2.24. The number of hydrogen-bond acceptors (Lipinski definition) is 11. The molecule has 0 radical (unpaired) electrons. The van der Waals surface area contributed by atoms with Crippen LogP contribution in [0, 0.1) is 0 Å². The monoisotopic (exact) mass is 887 g/mol. The molecular formula is C45H47BrClN11O2. The van der Waals surface area contributed by atoms with E-state index in [-0.39, 0.29) is 37.7 Å². The predicted octanol–water partition coefficient (Wildman–Crippen LogP) is 7.55. The summed E-state index contributed by atoms with van der Waals surface area (Å²) in [5, 5.41) is 28.0. The summed E-state index contributed by atoms with van der Waals surface area (Å²) in [6.45, 7) is 2.27. The van der Waals surface area contributed by atoms with Gasteiger partial charge >= 0.3 is 0 Å². The summed E-state index contributed by atoms with van der Waals surface area (Å²) >= 11 is 3.50. The Morgan fingerprint density at radius 3 is 1.75 bits per heavy atom. The summed E-state index contributed by atoms with van der Waals surface area (Å²) in [5.41, 5.74) is 13.4. The minimum absolute atomic E-state index is 0. The zero-order valence-corrected chi connectivity index (χ0v) is 35.4. The SMILES string of the molecule is Brc1cc(-c2ccccc2)nn2ccnc12.Cl.Nc1cccc(N2CCCC2CO)n1.OCC1CCCN1c1cccc(Cc2cc(-c3ccccc3)nn3ccnc23)n1. The number of nitrogen functional groups attached to an aromatic ring is 1. The maximum atomic E-state index is 9.65. The smallest absolute Gasteiger partial charge is 0.167 e. The van der Waals surface area contributed by atoms with Crippen LogP contribution in [-0.4, -0.2) is 87.8 Å². The molecule has 2 aliphatic heterocycles. The molecule has 0 bridgehead atoms. The molecule has 2 aromatic carbocycles. The molecule has 0 spiro atoms. The number of aliphatic hydroxyl groups is 2. The maximum absolute atomic E-state index is 9.65. The van der Waals surface area contributed by atoms with Crippen LogP contribution in [0.15, 0.2) is 138 Å². The average Bonchev–Trinajstić information content (AvgIpc) is 4.12. The van der Waals surface area contributed by atoms with Crippen LogP contribution in [0.25, 0.3) is 33.8 Å². The Kier molecular flexibility index (Phi) is 14.0. The van der Waals surface area contributed by atoms with Crippen LogP contribution < -0.4 is 15.5 Å². The van der Waals surface area contributed by atoms with Gasteiger partial charge in [0.05, 0.1) is 41.2 Å². The van der Waals surface area contributed by atoms with Gasteiger partial charge < -0.3 is 25.7 Å². The number of hydrogen-bond donors (Lipinski definition) is 3. The van der Waals surface area contributed by atoms with Gasteiger partial charge in [0.15, 0.2) is 11.3 Å². The van der Waals surface area contributed by atoms with Gasteiger partial charge in [-0.15, -0.1) is 12.4 Å². The molecule has 13 nitrogen and oxygen atoms in total. The number of fused-ring (bicyclic) bond motifs is 2. The van der Waals surface area contributed by atoms with Gasteiger partial charge in [0.25, 0.3) is 0 Å². The van der Waals surface area contributed by atoms with Crippen LogP contribution in [0.3, 0.4) is 0 Å². The number of nitrogens with zero attached hydrogens (tertiary/aromatic N) is 10. The van der Waals surface area contributed by atoms with Crippen molar-refractivity contribution in [1.82, 2.24) is 39.2 Å². The van der Waals surface area contributed by atoms with E-state index >= 15 is 0 Å². The van der Waals surface area contributed by atoms with Gasteiger partial charge in [0.2, 0.25) is 0 Å². The lowest BCUT2D eigenvalue weighted by atomic mass is 10.1. The first-order valence-electron chi connectivity index (χ1n) is 19.8. The molecule has 2 atom stereocenters. The molecule has 10 rings (SSSR count). The van der Waals surface area contributed by atoms with Crippen molar-refractivity contribution in [3.63, 3.8) is 0 Å². The van der Waals surface area contributed by atoms with E-state index in [9.17, 15) is 5.11 Å². The van der Waals surface area contributed by atoms with Gasteiger partial charge in [-0.3, -0.25) is 0 Å². The maximum Gasteiger partial charge on any atom is 0.167 e. The number of imidazole rings is 2. The molecule has 2 fully saturated rings. The summed E-state index contributed by atoms with van der Waals surface area (Å²) < 4.78 is 4.56. The molecule has 308 valence electrons. The van der Waals surface area contributed by atoms with Gasteiger partial charge in [0.1, 0.15) is 17.5 Å². The van der Waals surface area contributed by atoms with Crippen molar-refractivity contribution < 1.29 is 10.2 Å². The highest BCUT2D eigenvalue weighted by Gasteiger charge is 2.26. The van der Waals surface area contributed by atoms with Crippen LogP contribution in [-0.2, 0) is 6.42 Å². The summed E-state index contributed by atoms with van der Waals surface area (Å²) in [4.78, 5) is 22.2. The number of rotatable bonds is 8. The van der Waals surface area contributed by atoms with Crippen LogP contribution >= 0.6 is 28.3 Å². The lowest BCUT2D eigenvalue weighted by Crippen LogP contribution is -2.32. The third-order valence-corrected chi connectivity index (χ3v) is 11.2. The Labute approximate surface area is 363 Å². The van der Waals surface area contributed by atoms with E-state index < -0.39 is 0 Å². The van der Waals surface area contributed by atoms with E-state index in [2.05, 4.69) is 70.0 Å². The highest BCUT2D eigenvalue weighted by Crippen LogP contribution is 2.27. The van der Waals surface area contributed by atoms with Gasteiger partial charge in [0, 0.05) is 66.7 Å². The summed E-state index contributed by atoms with van der Waals surface area (Å²) in [7, 11) is 0. The number of anilines is 3. The van der Waals surface area contributed by atoms with E-state index in [0.29, 0.717) is 12.2 Å². The molecule has 0 saturated carbocycles. The zero-order valence-electron chi connectivity index (χ0n) is 33.0. The Morgan fingerprint density at radius 1 is 0.633 bits per heavy atom. The van der Waals surface area contributed by atoms with Crippen LogP contribution in [0.1, 0.15) is 36.9 Å². The Morgan fingerprint density at radius 2 is 1.17 bits per heavy atom. The third-order valence-electron chi connectivity index (χ3n) is 10.6. The second kappa shape index (κ2) is 19.9. The first kappa shape index (κ1) is 42.2. The van der Waals surface area contributed by atoms with E-state index in [1.807, 2.05) is 95.8 Å². The minimum atomic E-state index is 0. The fourth-order valence-corrected chi connectivity index (χ4v) is 8.17. The van der Waals surface area contributed by atoms with Crippen molar-refractivity contribution in [2.75, 3.05) is 41.8 Å². The Bertz CT molecular complexity index is 2610.